The minimum Gasteiger partial charge on any atom is -0.436 e. The highest BCUT2D eigenvalue weighted by atomic mass is 16.6. The third kappa shape index (κ3) is 4.03. The highest BCUT2D eigenvalue weighted by molar-refractivity contribution is 6.04. The van der Waals surface area contributed by atoms with Crippen LogP contribution in [0, 0.1) is 10.1 Å². The summed E-state index contributed by atoms with van der Waals surface area (Å²) >= 11 is 0. The molecule has 4 rings (SSSR count). The van der Waals surface area contributed by atoms with Gasteiger partial charge in [-0.3, -0.25) is 14.9 Å². The third-order valence-corrected chi connectivity index (χ3v) is 4.22. The van der Waals surface area contributed by atoms with Crippen molar-refractivity contribution >= 4 is 34.5 Å². The predicted molar refractivity (Wildman–Crippen MR) is 110 cm³/mol. The van der Waals surface area contributed by atoms with Crippen molar-refractivity contribution in [2.45, 2.75) is 0 Å². The topological polar surface area (TPSA) is 98.3 Å². The van der Waals surface area contributed by atoms with Crippen LogP contribution >= 0.6 is 0 Å². The molecule has 0 aliphatic rings. The first kappa shape index (κ1) is 18.1. The lowest BCUT2D eigenvalue weighted by molar-refractivity contribution is -0.384. The van der Waals surface area contributed by atoms with E-state index >= 15 is 0 Å². The van der Waals surface area contributed by atoms with Crippen LogP contribution in [0.25, 0.3) is 28.6 Å². The number of aromatic nitrogens is 1. The van der Waals surface area contributed by atoms with E-state index in [9.17, 15) is 14.9 Å². The number of nitrogens with zero attached hydrogens (tertiary/aromatic N) is 2. The highest BCUT2D eigenvalue weighted by Crippen LogP contribution is 2.31. The minimum absolute atomic E-state index is 0.0648. The number of nitro benzene ring substituents is 1. The fourth-order valence-corrected chi connectivity index (χ4v) is 2.83. The standard InChI is InChI=1S/C22H15N3O4/c26-21(13-10-15-6-2-1-3-7-15)23-18-9-5-4-8-17(18)22-24-19-14-16(25(27)28)11-12-20(19)29-22/h1-14H,(H,23,26). The minimum atomic E-state index is -0.485. The maximum absolute atomic E-state index is 12.3. The van der Waals surface area contributed by atoms with Crippen molar-refractivity contribution in [1.29, 1.82) is 0 Å². The van der Waals surface area contributed by atoms with Crippen molar-refractivity contribution in [2.24, 2.45) is 0 Å². The molecule has 0 unspecified atom stereocenters. The van der Waals surface area contributed by atoms with Crippen LogP contribution < -0.4 is 5.32 Å². The van der Waals surface area contributed by atoms with Crippen LogP contribution in [0.15, 0.2) is 83.3 Å². The Kier molecular flexibility index (Phi) is 4.86. The number of hydrogen-bond acceptors (Lipinski definition) is 5. The summed E-state index contributed by atoms with van der Waals surface area (Å²) in [7, 11) is 0. The van der Waals surface area contributed by atoms with Crippen LogP contribution in [0.3, 0.4) is 0 Å². The average Bonchev–Trinajstić information content (AvgIpc) is 3.16. The van der Waals surface area contributed by atoms with Crippen LogP contribution in [-0.2, 0) is 4.79 Å². The molecule has 4 aromatic rings. The molecular weight excluding hydrogens is 370 g/mol. The predicted octanol–water partition coefficient (Wildman–Crippen LogP) is 5.05. The van der Waals surface area contributed by atoms with Gasteiger partial charge in [0.25, 0.3) is 5.69 Å². The van der Waals surface area contributed by atoms with Crippen LogP contribution in [0.2, 0.25) is 0 Å². The first-order valence-electron chi connectivity index (χ1n) is 8.79. The van der Waals surface area contributed by atoms with Crippen molar-refractivity contribution in [1.82, 2.24) is 4.98 Å². The Morgan fingerprint density at radius 1 is 1.03 bits per heavy atom. The van der Waals surface area contributed by atoms with E-state index in [0.717, 1.165) is 5.56 Å². The number of fused-ring (bicyclic) bond motifs is 1. The van der Waals surface area contributed by atoms with Gasteiger partial charge in [0.1, 0.15) is 5.52 Å². The van der Waals surface area contributed by atoms with Gasteiger partial charge in [0.2, 0.25) is 11.8 Å². The second-order valence-electron chi connectivity index (χ2n) is 6.21. The van der Waals surface area contributed by atoms with Gasteiger partial charge >= 0.3 is 0 Å². The smallest absolute Gasteiger partial charge is 0.271 e. The summed E-state index contributed by atoms with van der Waals surface area (Å²) in [5.74, 6) is -0.0310. The number of para-hydroxylation sites is 1. The van der Waals surface area contributed by atoms with Gasteiger partial charge in [-0.25, -0.2) is 4.98 Å². The van der Waals surface area contributed by atoms with E-state index in [1.54, 1.807) is 30.3 Å². The Labute approximate surface area is 165 Å². The number of hydrogen-bond donors (Lipinski definition) is 1. The number of nitrogens with one attached hydrogen (secondary N) is 1. The fraction of sp³-hybridized carbons (Fsp3) is 0. The normalized spacial score (nSPS) is 11.0. The van der Waals surface area contributed by atoms with E-state index in [-0.39, 0.29) is 17.5 Å². The van der Waals surface area contributed by atoms with Gasteiger partial charge in [0.15, 0.2) is 5.58 Å². The third-order valence-electron chi connectivity index (χ3n) is 4.22. The first-order valence-corrected chi connectivity index (χ1v) is 8.79. The van der Waals surface area contributed by atoms with Gasteiger partial charge in [-0.15, -0.1) is 0 Å². The van der Waals surface area contributed by atoms with Gasteiger partial charge in [0.05, 0.1) is 16.2 Å². The Morgan fingerprint density at radius 3 is 2.59 bits per heavy atom. The lowest BCUT2D eigenvalue weighted by atomic mass is 10.1. The molecule has 0 bridgehead atoms. The van der Waals surface area contributed by atoms with E-state index in [2.05, 4.69) is 10.3 Å². The second kappa shape index (κ2) is 7.77. The molecule has 1 amide bonds. The number of benzene rings is 3. The molecular formula is C22H15N3O4. The van der Waals surface area contributed by atoms with Crippen LogP contribution in [0.4, 0.5) is 11.4 Å². The fourth-order valence-electron chi connectivity index (χ4n) is 2.83. The van der Waals surface area contributed by atoms with Gasteiger partial charge in [0, 0.05) is 18.2 Å². The molecule has 0 saturated heterocycles. The maximum Gasteiger partial charge on any atom is 0.271 e. The maximum atomic E-state index is 12.3. The van der Waals surface area contributed by atoms with Crippen molar-refractivity contribution in [3.8, 4) is 11.5 Å². The number of oxazole rings is 1. The van der Waals surface area contributed by atoms with Crippen molar-refractivity contribution in [3.05, 3.63) is 94.6 Å². The summed E-state index contributed by atoms with van der Waals surface area (Å²) in [4.78, 5) is 27.2. The van der Waals surface area contributed by atoms with E-state index in [1.165, 1.54) is 24.3 Å². The van der Waals surface area contributed by atoms with E-state index in [4.69, 9.17) is 4.42 Å². The summed E-state index contributed by atoms with van der Waals surface area (Å²) in [6.45, 7) is 0. The molecule has 1 aromatic heterocycles. The Morgan fingerprint density at radius 2 is 1.79 bits per heavy atom. The number of carbonyl (C=O) groups is 1. The molecule has 7 nitrogen and oxygen atoms in total. The van der Waals surface area contributed by atoms with Gasteiger partial charge < -0.3 is 9.73 Å². The molecule has 0 aliphatic heterocycles. The summed E-state index contributed by atoms with van der Waals surface area (Å²) in [5.41, 5.74) is 2.75. The number of rotatable bonds is 5. The Balaban J connectivity index is 1.61. The Bertz CT molecular complexity index is 1230. The van der Waals surface area contributed by atoms with E-state index in [1.807, 2.05) is 30.3 Å². The zero-order valence-corrected chi connectivity index (χ0v) is 15.1. The van der Waals surface area contributed by atoms with Crippen LogP contribution in [-0.4, -0.2) is 15.8 Å². The number of non-ortho nitro benzene ring substituents is 1. The zero-order chi connectivity index (χ0) is 20.2. The summed E-state index contributed by atoms with van der Waals surface area (Å²) in [5, 5.41) is 13.8. The highest BCUT2D eigenvalue weighted by Gasteiger charge is 2.15. The molecule has 7 heteroatoms. The van der Waals surface area contributed by atoms with Crippen molar-refractivity contribution < 1.29 is 14.1 Å². The number of carbonyl (C=O) groups excluding carboxylic acids is 1. The number of nitro groups is 1. The summed E-state index contributed by atoms with van der Waals surface area (Å²) in [6, 6.07) is 20.8. The molecule has 29 heavy (non-hydrogen) atoms. The van der Waals surface area contributed by atoms with Crippen LogP contribution in [0.1, 0.15) is 5.56 Å². The van der Waals surface area contributed by atoms with Gasteiger partial charge in [-0.1, -0.05) is 42.5 Å². The molecule has 0 fully saturated rings. The molecule has 0 aliphatic carbocycles. The van der Waals surface area contributed by atoms with Crippen molar-refractivity contribution in [2.75, 3.05) is 5.32 Å². The quantitative estimate of drug-likeness (QED) is 0.294. The zero-order valence-electron chi connectivity index (χ0n) is 15.1. The summed E-state index contributed by atoms with van der Waals surface area (Å²) in [6.07, 6.45) is 3.16. The molecule has 0 spiro atoms. The largest absolute Gasteiger partial charge is 0.436 e. The molecule has 0 saturated carbocycles. The van der Waals surface area contributed by atoms with Crippen LogP contribution in [0.5, 0.6) is 0 Å². The monoisotopic (exact) mass is 385 g/mol. The SMILES string of the molecule is O=C(C=Cc1ccccc1)Nc1ccccc1-c1nc2cc([N+](=O)[O-])ccc2o1. The summed E-state index contributed by atoms with van der Waals surface area (Å²) < 4.78 is 5.74. The number of amides is 1. The number of anilines is 1. The van der Waals surface area contributed by atoms with Crippen molar-refractivity contribution in [3.63, 3.8) is 0 Å². The average molecular weight is 385 g/mol. The molecule has 1 N–H and O–H groups in total. The van der Waals surface area contributed by atoms with E-state index in [0.29, 0.717) is 22.4 Å². The van der Waals surface area contributed by atoms with Gasteiger partial charge in [-0.05, 0) is 29.8 Å². The molecule has 142 valence electrons. The molecule has 0 radical (unpaired) electrons. The lowest BCUT2D eigenvalue weighted by Crippen LogP contribution is -2.08. The Hall–Kier alpha value is -4.26. The van der Waals surface area contributed by atoms with E-state index < -0.39 is 4.92 Å². The molecule has 1 heterocycles. The molecule has 3 aromatic carbocycles. The van der Waals surface area contributed by atoms with Gasteiger partial charge in [-0.2, -0.15) is 0 Å². The first-order chi connectivity index (χ1) is 14.1. The second-order valence-corrected chi connectivity index (χ2v) is 6.21. The lowest BCUT2D eigenvalue weighted by Gasteiger charge is -2.06. The molecule has 0 atom stereocenters.